The Morgan fingerprint density at radius 2 is 2.10 bits per heavy atom. The van der Waals surface area contributed by atoms with Gasteiger partial charge in [-0.3, -0.25) is 9.59 Å². The monoisotopic (exact) mass is 277 g/mol. The number of benzene rings is 1. The van der Waals surface area contributed by atoms with Gasteiger partial charge in [0.05, 0.1) is 6.54 Å². The minimum atomic E-state index is -1.02. The van der Waals surface area contributed by atoms with Crippen LogP contribution in [-0.4, -0.2) is 54.6 Å². The maximum atomic E-state index is 11.8. The zero-order valence-electron chi connectivity index (χ0n) is 11.5. The maximum absolute atomic E-state index is 11.8. The summed E-state index contributed by atoms with van der Waals surface area (Å²) in [6, 6.07) is 6.57. The van der Waals surface area contributed by atoms with Crippen LogP contribution in [0.4, 0.5) is 5.69 Å². The van der Waals surface area contributed by atoms with Crippen molar-refractivity contribution >= 4 is 17.6 Å². The van der Waals surface area contributed by atoms with E-state index < -0.39 is 12.0 Å². The number of aliphatic carboxylic acids is 1. The van der Waals surface area contributed by atoms with E-state index in [0.29, 0.717) is 13.1 Å². The molecule has 1 heterocycles. The zero-order valence-corrected chi connectivity index (χ0v) is 11.5. The third-order valence-electron chi connectivity index (χ3n) is 3.55. The summed E-state index contributed by atoms with van der Waals surface area (Å²) in [6.45, 7) is 1.72. The van der Waals surface area contributed by atoms with Crippen LogP contribution in [0.1, 0.15) is 5.56 Å². The Balaban J connectivity index is 2.19. The summed E-state index contributed by atoms with van der Waals surface area (Å²) in [7, 11) is 1.78. The molecule has 0 aliphatic carbocycles. The predicted molar refractivity (Wildman–Crippen MR) is 75.6 cm³/mol. The summed E-state index contributed by atoms with van der Waals surface area (Å²) in [5, 5.41) is 8.92. The van der Waals surface area contributed by atoms with Crippen molar-refractivity contribution in [1.29, 1.82) is 0 Å². The van der Waals surface area contributed by atoms with Gasteiger partial charge in [-0.1, -0.05) is 18.2 Å². The zero-order chi connectivity index (χ0) is 14.7. The Morgan fingerprint density at radius 1 is 1.40 bits per heavy atom. The third kappa shape index (κ3) is 3.08. The lowest BCUT2D eigenvalue weighted by Crippen LogP contribution is -2.49. The number of carboxylic acid groups (broad SMARTS) is 1. The van der Waals surface area contributed by atoms with Gasteiger partial charge in [0, 0.05) is 32.2 Å². The molecule has 1 amide bonds. The largest absolute Gasteiger partial charge is 0.480 e. The van der Waals surface area contributed by atoms with Crippen LogP contribution in [-0.2, 0) is 16.0 Å². The molecule has 6 nitrogen and oxygen atoms in total. The molecule has 1 aliphatic heterocycles. The molecule has 6 heteroatoms. The molecule has 0 radical (unpaired) electrons. The normalized spacial score (nSPS) is 17.2. The SMILES string of the molecule is CN1CCN(c2ccccc2CC(N)C(=O)O)CC1=O. The van der Waals surface area contributed by atoms with Crippen molar-refractivity contribution < 1.29 is 14.7 Å². The summed E-state index contributed by atoms with van der Waals surface area (Å²) in [4.78, 5) is 26.3. The molecule has 1 aliphatic rings. The first-order valence-electron chi connectivity index (χ1n) is 6.54. The van der Waals surface area contributed by atoms with Gasteiger partial charge in [0.25, 0.3) is 0 Å². The van der Waals surface area contributed by atoms with E-state index in [2.05, 4.69) is 0 Å². The smallest absolute Gasteiger partial charge is 0.320 e. The van der Waals surface area contributed by atoms with E-state index in [9.17, 15) is 9.59 Å². The number of carbonyl (C=O) groups is 2. The Morgan fingerprint density at radius 3 is 2.75 bits per heavy atom. The Kier molecular flexibility index (Phi) is 4.24. The lowest BCUT2D eigenvalue weighted by atomic mass is 10.0. The fraction of sp³-hybridized carbons (Fsp3) is 0.429. The second kappa shape index (κ2) is 5.92. The molecule has 1 saturated heterocycles. The summed E-state index contributed by atoms with van der Waals surface area (Å²) >= 11 is 0. The fourth-order valence-electron chi connectivity index (χ4n) is 2.28. The van der Waals surface area contributed by atoms with Gasteiger partial charge in [-0.2, -0.15) is 0 Å². The predicted octanol–water partition coefficient (Wildman–Crippen LogP) is -0.0806. The standard InChI is InChI=1S/C14H19N3O3/c1-16-6-7-17(9-13(16)18)12-5-3-2-4-10(12)8-11(15)14(19)20/h2-5,11H,6-9,15H2,1H3,(H,19,20). The van der Waals surface area contributed by atoms with Crippen molar-refractivity contribution in [1.82, 2.24) is 4.90 Å². The fourth-order valence-corrected chi connectivity index (χ4v) is 2.28. The van der Waals surface area contributed by atoms with Crippen LogP contribution in [0.15, 0.2) is 24.3 Å². The van der Waals surface area contributed by atoms with Crippen molar-refractivity contribution in [2.24, 2.45) is 5.73 Å². The number of hydrogen-bond donors (Lipinski definition) is 2. The Hall–Kier alpha value is -2.08. The van der Waals surface area contributed by atoms with Gasteiger partial charge in [0.1, 0.15) is 6.04 Å². The number of anilines is 1. The number of rotatable bonds is 4. The molecular formula is C14H19N3O3. The van der Waals surface area contributed by atoms with E-state index in [1.165, 1.54) is 0 Å². The minimum Gasteiger partial charge on any atom is -0.480 e. The van der Waals surface area contributed by atoms with Crippen molar-refractivity contribution in [3.63, 3.8) is 0 Å². The maximum Gasteiger partial charge on any atom is 0.320 e. The number of hydrogen-bond acceptors (Lipinski definition) is 4. The van der Waals surface area contributed by atoms with Gasteiger partial charge >= 0.3 is 5.97 Å². The van der Waals surface area contributed by atoms with Crippen LogP contribution < -0.4 is 10.6 Å². The third-order valence-corrected chi connectivity index (χ3v) is 3.55. The molecule has 0 saturated carbocycles. The second-order valence-electron chi connectivity index (χ2n) is 5.01. The number of carbonyl (C=O) groups excluding carboxylic acids is 1. The van der Waals surface area contributed by atoms with E-state index in [0.717, 1.165) is 17.8 Å². The van der Waals surface area contributed by atoms with Crippen molar-refractivity contribution in [3.05, 3.63) is 29.8 Å². The molecule has 1 fully saturated rings. The Bertz CT molecular complexity index is 518. The molecule has 108 valence electrons. The van der Waals surface area contributed by atoms with E-state index in [1.54, 1.807) is 11.9 Å². The number of nitrogens with two attached hydrogens (primary N) is 1. The van der Waals surface area contributed by atoms with Crippen LogP contribution >= 0.6 is 0 Å². The first-order valence-corrected chi connectivity index (χ1v) is 6.54. The highest BCUT2D eigenvalue weighted by Gasteiger charge is 2.23. The highest BCUT2D eigenvalue weighted by Crippen LogP contribution is 2.23. The van der Waals surface area contributed by atoms with Gasteiger partial charge < -0.3 is 20.6 Å². The van der Waals surface area contributed by atoms with Crippen LogP contribution in [0.3, 0.4) is 0 Å². The molecule has 20 heavy (non-hydrogen) atoms. The van der Waals surface area contributed by atoms with Gasteiger partial charge in [0.15, 0.2) is 0 Å². The molecule has 0 bridgehead atoms. The minimum absolute atomic E-state index is 0.0635. The molecule has 2 rings (SSSR count). The van der Waals surface area contributed by atoms with Gasteiger partial charge in [-0.25, -0.2) is 0 Å². The van der Waals surface area contributed by atoms with Crippen molar-refractivity contribution in [2.45, 2.75) is 12.5 Å². The highest BCUT2D eigenvalue weighted by atomic mass is 16.4. The molecule has 1 aromatic rings. The average Bonchev–Trinajstić information content (AvgIpc) is 2.42. The Labute approximate surface area is 117 Å². The summed E-state index contributed by atoms with van der Waals surface area (Å²) in [5.74, 6) is -0.956. The number of piperazine rings is 1. The van der Waals surface area contributed by atoms with Gasteiger partial charge in [-0.15, -0.1) is 0 Å². The first kappa shape index (κ1) is 14.3. The van der Waals surface area contributed by atoms with Crippen LogP contribution in [0, 0.1) is 0 Å². The quantitative estimate of drug-likeness (QED) is 0.804. The van der Waals surface area contributed by atoms with E-state index >= 15 is 0 Å². The second-order valence-corrected chi connectivity index (χ2v) is 5.01. The van der Waals surface area contributed by atoms with E-state index in [1.807, 2.05) is 29.2 Å². The molecule has 1 aromatic carbocycles. The first-order chi connectivity index (χ1) is 9.49. The average molecular weight is 277 g/mol. The van der Waals surface area contributed by atoms with Crippen LogP contribution in [0.5, 0.6) is 0 Å². The number of likely N-dealkylation sites (N-methyl/N-ethyl adjacent to an activating group) is 1. The molecule has 0 spiro atoms. The van der Waals surface area contributed by atoms with Gasteiger partial charge in [-0.05, 0) is 11.6 Å². The van der Waals surface area contributed by atoms with E-state index in [4.69, 9.17) is 10.8 Å². The number of para-hydroxylation sites is 1. The molecule has 1 unspecified atom stereocenters. The molecular weight excluding hydrogens is 258 g/mol. The summed E-state index contributed by atoms with van der Waals surface area (Å²) in [6.07, 6.45) is 0.256. The van der Waals surface area contributed by atoms with Crippen LogP contribution in [0.25, 0.3) is 0 Å². The number of carboxylic acids is 1. The topological polar surface area (TPSA) is 86.9 Å². The highest BCUT2D eigenvalue weighted by molar-refractivity contribution is 5.83. The van der Waals surface area contributed by atoms with Crippen molar-refractivity contribution in [3.8, 4) is 0 Å². The number of amides is 1. The number of nitrogens with zero attached hydrogens (tertiary/aromatic N) is 2. The molecule has 0 aromatic heterocycles. The van der Waals surface area contributed by atoms with E-state index in [-0.39, 0.29) is 12.3 Å². The summed E-state index contributed by atoms with van der Waals surface area (Å²) < 4.78 is 0. The van der Waals surface area contributed by atoms with Crippen molar-refractivity contribution in [2.75, 3.05) is 31.6 Å². The molecule has 1 atom stereocenters. The van der Waals surface area contributed by atoms with Gasteiger partial charge in [0.2, 0.25) is 5.91 Å². The summed E-state index contributed by atoms with van der Waals surface area (Å²) in [5.41, 5.74) is 7.36. The molecule has 3 N–H and O–H groups in total. The van der Waals surface area contributed by atoms with Crippen LogP contribution in [0.2, 0.25) is 0 Å². The lowest BCUT2D eigenvalue weighted by molar-refractivity contribution is -0.138. The lowest BCUT2D eigenvalue weighted by Gasteiger charge is -2.34.